The van der Waals surface area contributed by atoms with Crippen molar-refractivity contribution in [3.8, 4) is 6.07 Å². The van der Waals surface area contributed by atoms with Crippen LogP contribution in [-0.4, -0.2) is 11.7 Å². The molecule has 0 saturated carbocycles. The number of hydrogen-bond donors (Lipinski definition) is 1. The van der Waals surface area contributed by atoms with E-state index in [-0.39, 0.29) is 18.1 Å². The van der Waals surface area contributed by atoms with Gasteiger partial charge in [-0.1, -0.05) is 26.2 Å². The normalized spacial score (nSPS) is 10.2. The molecule has 0 fully saturated rings. The van der Waals surface area contributed by atoms with Gasteiger partial charge in [0.25, 0.3) is 0 Å². The van der Waals surface area contributed by atoms with Gasteiger partial charge in [0.05, 0.1) is 6.42 Å². The molecule has 0 aliphatic carbocycles. The van der Waals surface area contributed by atoms with E-state index in [1.165, 1.54) is 0 Å². The Kier molecular flexibility index (Phi) is 6.67. The first-order chi connectivity index (χ1) is 9.99. The Morgan fingerprint density at radius 3 is 2.57 bits per heavy atom. The molecule has 5 heteroatoms. The molecule has 0 unspecified atom stereocenters. The van der Waals surface area contributed by atoms with Crippen molar-refractivity contribution in [3.05, 3.63) is 16.9 Å². The molecule has 5 nitrogen and oxygen atoms in total. The molecule has 1 heterocycles. The van der Waals surface area contributed by atoms with E-state index in [2.05, 4.69) is 12.2 Å². The lowest BCUT2D eigenvalue weighted by Gasteiger charge is -2.02. The van der Waals surface area contributed by atoms with Crippen molar-refractivity contribution in [2.75, 3.05) is 5.32 Å². The van der Waals surface area contributed by atoms with Gasteiger partial charge in [0, 0.05) is 12.0 Å². The van der Waals surface area contributed by atoms with E-state index >= 15 is 0 Å². The van der Waals surface area contributed by atoms with E-state index in [4.69, 9.17) is 9.68 Å². The van der Waals surface area contributed by atoms with Gasteiger partial charge in [-0.15, -0.1) is 0 Å². The average molecular weight is 290 g/mol. The van der Waals surface area contributed by atoms with Crippen LogP contribution in [-0.2, 0) is 9.59 Å². The molecule has 1 rings (SSSR count). The van der Waals surface area contributed by atoms with E-state index in [1.54, 1.807) is 13.8 Å². The number of hydrogen-bond acceptors (Lipinski definition) is 4. The summed E-state index contributed by atoms with van der Waals surface area (Å²) >= 11 is 0. The minimum absolute atomic E-state index is 0.0814. The Hall–Kier alpha value is -2.09. The van der Waals surface area contributed by atoms with Gasteiger partial charge in [-0.05, 0) is 20.3 Å². The zero-order valence-electron chi connectivity index (χ0n) is 12.9. The lowest BCUT2D eigenvalue weighted by Crippen LogP contribution is -2.16. The standard InChI is InChI=1S/C16H22N2O3/c1-4-5-6-7-8-13(19)9-15(20)18-16-14(10-17)11(2)12(3)21-16/h4-9H2,1-3H3,(H,18,20). The van der Waals surface area contributed by atoms with Gasteiger partial charge in [-0.2, -0.15) is 5.26 Å². The van der Waals surface area contributed by atoms with Crippen molar-refractivity contribution in [2.45, 2.75) is 59.3 Å². The second kappa shape index (κ2) is 8.25. The van der Waals surface area contributed by atoms with Crippen molar-refractivity contribution >= 4 is 17.6 Å². The van der Waals surface area contributed by atoms with Gasteiger partial charge in [0.2, 0.25) is 11.8 Å². The SMILES string of the molecule is CCCCCCC(=O)CC(=O)Nc1oc(C)c(C)c1C#N. The second-order valence-electron chi connectivity index (χ2n) is 5.17. The van der Waals surface area contributed by atoms with Crippen molar-refractivity contribution in [3.63, 3.8) is 0 Å². The zero-order chi connectivity index (χ0) is 15.8. The number of carbonyl (C=O) groups excluding carboxylic acids is 2. The first kappa shape index (κ1) is 17.0. The molecule has 0 atom stereocenters. The topological polar surface area (TPSA) is 83.1 Å². The molecule has 0 spiro atoms. The number of aryl methyl sites for hydroxylation is 1. The molecule has 114 valence electrons. The van der Waals surface area contributed by atoms with Crippen molar-refractivity contribution in [2.24, 2.45) is 0 Å². The molecule has 1 N–H and O–H groups in total. The highest BCUT2D eigenvalue weighted by Gasteiger charge is 2.17. The summed E-state index contributed by atoms with van der Waals surface area (Å²) in [7, 11) is 0. The number of anilines is 1. The van der Waals surface area contributed by atoms with Gasteiger partial charge < -0.3 is 4.42 Å². The molecule has 0 bridgehead atoms. The summed E-state index contributed by atoms with van der Waals surface area (Å²) in [4.78, 5) is 23.5. The number of nitrogens with one attached hydrogen (secondary N) is 1. The maximum Gasteiger partial charge on any atom is 0.234 e. The summed E-state index contributed by atoms with van der Waals surface area (Å²) in [5.41, 5.74) is 1.02. The summed E-state index contributed by atoms with van der Waals surface area (Å²) in [5.74, 6) is 0.215. The van der Waals surface area contributed by atoms with Gasteiger partial charge in [-0.25, -0.2) is 0 Å². The largest absolute Gasteiger partial charge is 0.444 e. The molecular formula is C16H22N2O3. The number of Topliss-reactive ketones (excluding diaryl/α,β-unsaturated/α-hetero) is 1. The molecule has 1 amide bonds. The molecule has 1 aromatic rings. The summed E-state index contributed by atoms with van der Waals surface area (Å²) in [6, 6.07) is 2.00. The molecule has 0 saturated heterocycles. The first-order valence-corrected chi connectivity index (χ1v) is 7.31. The first-order valence-electron chi connectivity index (χ1n) is 7.31. The van der Waals surface area contributed by atoms with Gasteiger partial charge in [0.15, 0.2) is 0 Å². The van der Waals surface area contributed by atoms with Crippen LogP contribution in [0, 0.1) is 25.2 Å². The van der Waals surface area contributed by atoms with Crippen LogP contribution in [0.5, 0.6) is 0 Å². The van der Waals surface area contributed by atoms with Crippen LogP contribution < -0.4 is 5.32 Å². The number of rotatable bonds is 8. The Balaban J connectivity index is 2.49. The lowest BCUT2D eigenvalue weighted by atomic mass is 10.1. The predicted molar refractivity (Wildman–Crippen MR) is 79.9 cm³/mol. The monoisotopic (exact) mass is 290 g/mol. The molecule has 0 aliphatic rings. The van der Waals surface area contributed by atoms with Gasteiger partial charge in [-0.3, -0.25) is 14.9 Å². The number of unbranched alkanes of at least 4 members (excludes halogenated alkanes) is 3. The fourth-order valence-electron chi connectivity index (χ4n) is 2.04. The molecule has 1 aromatic heterocycles. The number of nitrogens with zero attached hydrogens (tertiary/aromatic N) is 1. The Morgan fingerprint density at radius 2 is 1.95 bits per heavy atom. The number of ketones is 1. The third-order valence-electron chi connectivity index (χ3n) is 3.42. The van der Waals surface area contributed by atoms with E-state index < -0.39 is 5.91 Å². The summed E-state index contributed by atoms with van der Waals surface area (Å²) in [6.07, 6.45) is 4.31. The van der Waals surface area contributed by atoms with Crippen LogP contribution in [0.1, 0.15) is 62.3 Å². The third kappa shape index (κ3) is 5.07. The second-order valence-corrected chi connectivity index (χ2v) is 5.17. The average Bonchev–Trinajstić information content (AvgIpc) is 2.69. The Morgan fingerprint density at radius 1 is 1.24 bits per heavy atom. The van der Waals surface area contributed by atoms with E-state index in [0.717, 1.165) is 25.7 Å². The Bertz CT molecular complexity index is 553. The Labute approximate surface area is 125 Å². The van der Waals surface area contributed by atoms with Crippen LogP contribution in [0.15, 0.2) is 4.42 Å². The van der Waals surface area contributed by atoms with Crippen LogP contribution in [0.2, 0.25) is 0 Å². The van der Waals surface area contributed by atoms with Crippen LogP contribution in [0.3, 0.4) is 0 Å². The van der Waals surface area contributed by atoms with Crippen LogP contribution in [0.4, 0.5) is 5.88 Å². The van der Waals surface area contributed by atoms with E-state index in [0.29, 0.717) is 23.3 Å². The van der Waals surface area contributed by atoms with Crippen LogP contribution >= 0.6 is 0 Å². The summed E-state index contributed by atoms with van der Waals surface area (Å²) < 4.78 is 5.34. The fraction of sp³-hybridized carbons (Fsp3) is 0.562. The highest BCUT2D eigenvalue weighted by Crippen LogP contribution is 2.25. The predicted octanol–water partition coefficient (Wildman–Crippen LogP) is 3.64. The van der Waals surface area contributed by atoms with Gasteiger partial charge >= 0.3 is 0 Å². The highest BCUT2D eigenvalue weighted by molar-refractivity contribution is 6.04. The maximum atomic E-state index is 11.8. The summed E-state index contributed by atoms with van der Waals surface area (Å²) in [6.45, 7) is 5.59. The highest BCUT2D eigenvalue weighted by atomic mass is 16.4. The lowest BCUT2D eigenvalue weighted by molar-refractivity contribution is -0.125. The van der Waals surface area contributed by atoms with Crippen molar-refractivity contribution in [1.82, 2.24) is 0 Å². The summed E-state index contributed by atoms with van der Waals surface area (Å²) in [5, 5.41) is 11.6. The third-order valence-corrected chi connectivity index (χ3v) is 3.42. The molecule has 0 radical (unpaired) electrons. The number of carbonyl (C=O) groups is 2. The minimum Gasteiger partial charge on any atom is -0.444 e. The van der Waals surface area contributed by atoms with Crippen molar-refractivity contribution < 1.29 is 14.0 Å². The van der Waals surface area contributed by atoms with Crippen molar-refractivity contribution in [1.29, 1.82) is 5.26 Å². The quantitative estimate of drug-likeness (QED) is 0.585. The number of nitriles is 1. The minimum atomic E-state index is -0.430. The fourth-order valence-corrected chi connectivity index (χ4v) is 2.04. The maximum absolute atomic E-state index is 11.8. The smallest absolute Gasteiger partial charge is 0.234 e. The van der Waals surface area contributed by atoms with E-state index in [9.17, 15) is 9.59 Å². The number of amides is 1. The molecule has 21 heavy (non-hydrogen) atoms. The van der Waals surface area contributed by atoms with E-state index in [1.807, 2.05) is 6.07 Å². The number of furan rings is 1. The van der Waals surface area contributed by atoms with Gasteiger partial charge in [0.1, 0.15) is 23.2 Å². The zero-order valence-corrected chi connectivity index (χ0v) is 12.9. The molecule has 0 aromatic carbocycles. The molecular weight excluding hydrogens is 268 g/mol. The molecule has 0 aliphatic heterocycles. The van der Waals surface area contributed by atoms with Crippen LogP contribution in [0.25, 0.3) is 0 Å².